The molecule has 3 aliphatic rings. The first kappa shape index (κ1) is 18.9. The summed E-state index contributed by atoms with van der Waals surface area (Å²) in [7, 11) is 0. The Morgan fingerprint density at radius 1 is 1.21 bits per heavy atom. The fraction of sp³-hybridized carbons (Fsp3) is 0.364. The minimum Gasteiger partial charge on any atom is -0.431 e. The topological polar surface area (TPSA) is 54.5 Å². The Morgan fingerprint density at radius 2 is 1.97 bits per heavy atom. The fourth-order valence-corrected chi connectivity index (χ4v) is 5.67. The van der Waals surface area contributed by atoms with Crippen LogP contribution in [0.1, 0.15) is 31.7 Å². The molecule has 1 saturated carbocycles. The van der Waals surface area contributed by atoms with Crippen molar-refractivity contribution in [2.45, 2.75) is 50.9 Å². The first-order valence-corrected chi connectivity index (χ1v) is 11.1. The number of piperidine rings is 1. The Bertz CT molecular complexity index is 1040. The van der Waals surface area contributed by atoms with E-state index in [2.05, 4.69) is 27.3 Å². The maximum absolute atomic E-state index is 11.3. The fourth-order valence-electron chi connectivity index (χ4n) is 4.54. The number of rotatable bonds is 5. The molecular weight excluding hydrogens is 406 g/mol. The molecule has 29 heavy (non-hydrogen) atoms. The van der Waals surface area contributed by atoms with Crippen LogP contribution in [0, 0.1) is 0 Å². The number of hydrogen-bond acceptors (Lipinski definition) is 5. The van der Waals surface area contributed by atoms with Gasteiger partial charge in [-0.05, 0) is 49.1 Å². The second-order valence-electron chi connectivity index (χ2n) is 7.90. The summed E-state index contributed by atoms with van der Waals surface area (Å²) in [6.07, 6.45) is 3.35. The summed E-state index contributed by atoms with van der Waals surface area (Å²) in [4.78, 5) is 18.3. The Balaban J connectivity index is 1.21. The van der Waals surface area contributed by atoms with Gasteiger partial charge in [-0.2, -0.15) is 0 Å². The summed E-state index contributed by atoms with van der Waals surface area (Å²) in [5.41, 5.74) is 2.06. The van der Waals surface area contributed by atoms with Gasteiger partial charge in [0.2, 0.25) is 5.91 Å². The molecular formula is C22H22ClN3O2S. The van der Waals surface area contributed by atoms with Crippen molar-refractivity contribution in [3.8, 4) is 10.9 Å². The van der Waals surface area contributed by atoms with Crippen LogP contribution < -0.4 is 10.1 Å². The Kier molecular flexibility index (Phi) is 4.94. The highest BCUT2D eigenvalue weighted by Crippen LogP contribution is 2.40. The van der Waals surface area contributed by atoms with Crippen LogP contribution in [-0.4, -0.2) is 33.9 Å². The number of benzene rings is 2. The molecule has 3 heterocycles. The van der Waals surface area contributed by atoms with E-state index in [1.54, 1.807) is 6.92 Å². The van der Waals surface area contributed by atoms with E-state index < -0.39 is 0 Å². The Morgan fingerprint density at radius 3 is 2.66 bits per heavy atom. The number of para-hydroxylation sites is 1. The summed E-state index contributed by atoms with van der Waals surface area (Å²) in [6.45, 7) is 2.55. The van der Waals surface area contributed by atoms with Gasteiger partial charge in [0, 0.05) is 31.6 Å². The number of nitrogens with one attached hydrogen (secondary N) is 1. The molecule has 1 aliphatic carbocycles. The number of aromatic nitrogens is 1. The maximum Gasteiger partial charge on any atom is 0.279 e. The number of hydrogen-bond donors (Lipinski definition) is 1. The summed E-state index contributed by atoms with van der Waals surface area (Å²) >= 11 is 7.69. The zero-order valence-electron chi connectivity index (χ0n) is 16.1. The minimum absolute atomic E-state index is 0.0776. The Labute approximate surface area is 178 Å². The van der Waals surface area contributed by atoms with Crippen LogP contribution in [0.15, 0.2) is 42.5 Å². The number of carbonyl (C=O) groups excluding carboxylic acids is 1. The van der Waals surface area contributed by atoms with Gasteiger partial charge in [-0.1, -0.05) is 41.1 Å². The molecule has 3 atom stereocenters. The van der Waals surface area contributed by atoms with Gasteiger partial charge in [-0.25, -0.2) is 4.98 Å². The van der Waals surface area contributed by atoms with Crippen LogP contribution in [0.5, 0.6) is 10.9 Å². The number of nitrogens with zero attached hydrogens (tertiary/aromatic N) is 2. The van der Waals surface area contributed by atoms with Gasteiger partial charge in [0.05, 0.1) is 9.72 Å². The molecule has 150 valence electrons. The summed E-state index contributed by atoms with van der Waals surface area (Å²) in [6, 6.07) is 15.5. The molecule has 1 N–H and O–H groups in total. The van der Waals surface area contributed by atoms with Crippen molar-refractivity contribution in [1.29, 1.82) is 0 Å². The molecule has 6 rings (SSSR count). The van der Waals surface area contributed by atoms with Crippen LogP contribution in [0.4, 0.5) is 0 Å². The van der Waals surface area contributed by atoms with Crippen LogP contribution in [0.2, 0.25) is 5.02 Å². The third-order valence-electron chi connectivity index (χ3n) is 5.85. The van der Waals surface area contributed by atoms with E-state index in [1.807, 2.05) is 30.3 Å². The molecule has 2 aromatic carbocycles. The highest BCUT2D eigenvalue weighted by molar-refractivity contribution is 7.20. The number of thiazole rings is 1. The van der Waals surface area contributed by atoms with Gasteiger partial charge >= 0.3 is 0 Å². The molecule has 0 spiro atoms. The predicted molar refractivity (Wildman–Crippen MR) is 116 cm³/mol. The molecule has 2 aliphatic heterocycles. The second kappa shape index (κ2) is 7.59. The van der Waals surface area contributed by atoms with Gasteiger partial charge in [0.1, 0.15) is 11.3 Å². The minimum atomic E-state index is 0.0776. The average molecular weight is 428 g/mol. The third kappa shape index (κ3) is 3.84. The van der Waals surface area contributed by atoms with E-state index in [9.17, 15) is 4.79 Å². The highest BCUT2D eigenvalue weighted by atomic mass is 35.5. The normalized spacial score (nSPS) is 23.6. The van der Waals surface area contributed by atoms with Crippen molar-refractivity contribution in [2.24, 2.45) is 0 Å². The van der Waals surface area contributed by atoms with Crippen molar-refractivity contribution in [3.63, 3.8) is 0 Å². The first-order valence-electron chi connectivity index (χ1n) is 9.90. The zero-order chi connectivity index (χ0) is 20.0. The lowest BCUT2D eigenvalue weighted by molar-refractivity contribution is -0.121. The van der Waals surface area contributed by atoms with Crippen LogP contribution in [-0.2, 0) is 11.3 Å². The molecule has 5 nitrogen and oxygen atoms in total. The molecule has 3 fully saturated rings. The summed E-state index contributed by atoms with van der Waals surface area (Å²) in [5, 5.41) is 4.32. The van der Waals surface area contributed by atoms with Crippen LogP contribution in [0.25, 0.3) is 10.2 Å². The lowest BCUT2D eigenvalue weighted by Gasteiger charge is -2.55. The van der Waals surface area contributed by atoms with Crippen molar-refractivity contribution < 1.29 is 9.53 Å². The summed E-state index contributed by atoms with van der Waals surface area (Å²) in [5.74, 6) is 0.854. The molecule has 1 unspecified atom stereocenters. The van der Waals surface area contributed by atoms with E-state index in [0.717, 1.165) is 35.4 Å². The summed E-state index contributed by atoms with van der Waals surface area (Å²) < 4.78 is 6.96. The quantitative estimate of drug-likeness (QED) is 0.623. The van der Waals surface area contributed by atoms with E-state index >= 15 is 0 Å². The van der Waals surface area contributed by atoms with Crippen molar-refractivity contribution >= 4 is 39.1 Å². The first-order chi connectivity index (χ1) is 14.0. The molecule has 0 radical (unpaired) electrons. The molecule has 3 aromatic rings. The van der Waals surface area contributed by atoms with Gasteiger partial charge in [0.25, 0.3) is 5.19 Å². The Hall–Kier alpha value is -2.15. The third-order valence-corrected chi connectivity index (χ3v) is 7.05. The standard InChI is InChI=1S/C22H22ClN3O2S/c1-13(27)24-15-9-16-11-17(10-15)26(16)12-14-5-7-18(8-6-14)28-22-25-21-19(23)3-2-4-20(21)29-22/h2-8,15-17H,9-12H2,1H3,(H,24,27)/t15-,16-,17?/m1/s1. The average Bonchev–Trinajstić information content (AvgIpc) is 3.11. The van der Waals surface area contributed by atoms with Gasteiger partial charge in [0.15, 0.2) is 0 Å². The van der Waals surface area contributed by atoms with E-state index in [0.29, 0.717) is 28.3 Å². The monoisotopic (exact) mass is 427 g/mol. The predicted octanol–water partition coefficient (Wildman–Crippen LogP) is 4.98. The van der Waals surface area contributed by atoms with E-state index in [-0.39, 0.29) is 5.91 Å². The number of amides is 1. The van der Waals surface area contributed by atoms with Crippen molar-refractivity contribution in [2.75, 3.05) is 0 Å². The maximum atomic E-state index is 11.3. The number of carbonyl (C=O) groups is 1. The smallest absolute Gasteiger partial charge is 0.279 e. The SMILES string of the molecule is CC(=O)N[C@H]1CC2C[C@@H](C1)N2Cc1ccc(Oc2nc3c(Cl)cccc3s2)cc1. The number of halogens is 1. The molecule has 2 bridgehead atoms. The highest BCUT2D eigenvalue weighted by Gasteiger charge is 2.45. The van der Waals surface area contributed by atoms with Gasteiger partial charge in [-0.15, -0.1) is 0 Å². The van der Waals surface area contributed by atoms with Crippen molar-refractivity contribution in [1.82, 2.24) is 15.2 Å². The van der Waals surface area contributed by atoms with Gasteiger partial charge in [-0.3, -0.25) is 9.69 Å². The van der Waals surface area contributed by atoms with Crippen LogP contribution in [0.3, 0.4) is 0 Å². The van der Waals surface area contributed by atoms with Crippen LogP contribution >= 0.6 is 22.9 Å². The lowest BCUT2D eigenvalue weighted by atomic mass is 9.76. The molecule has 7 heteroatoms. The lowest BCUT2D eigenvalue weighted by Crippen LogP contribution is -2.63. The van der Waals surface area contributed by atoms with E-state index in [4.69, 9.17) is 16.3 Å². The van der Waals surface area contributed by atoms with E-state index in [1.165, 1.54) is 23.3 Å². The van der Waals surface area contributed by atoms with Gasteiger partial charge < -0.3 is 10.1 Å². The second-order valence-corrected chi connectivity index (χ2v) is 9.30. The zero-order valence-corrected chi connectivity index (χ0v) is 17.7. The largest absolute Gasteiger partial charge is 0.431 e. The van der Waals surface area contributed by atoms with Crippen molar-refractivity contribution in [3.05, 3.63) is 53.1 Å². The molecule has 1 amide bonds. The number of ether oxygens (including phenoxy) is 1. The molecule has 2 saturated heterocycles. The number of fused-ring (bicyclic) bond motifs is 3. The molecule has 1 aromatic heterocycles.